The van der Waals surface area contributed by atoms with E-state index < -0.39 is 16.2 Å². The van der Waals surface area contributed by atoms with Crippen molar-refractivity contribution in [1.29, 1.82) is 0 Å². The molecule has 6 nitrogen and oxygen atoms in total. The second-order valence-electron chi connectivity index (χ2n) is 4.87. The second-order valence-corrected chi connectivity index (χ2v) is 4.87. The van der Waals surface area contributed by atoms with Crippen molar-refractivity contribution in [3.05, 3.63) is 34.1 Å². The molecule has 0 heterocycles. The fraction of sp³-hybridized carbons (Fsp3) is 0.500. The third-order valence-electron chi connectivity index (χ3n) is 2.93. The molecule has 106 valence electrons. The maximum Gasteiger partial charge on any atom is 0.295 e. The highest BCUT2D eigenvalue weighted by molar-refractivity contribution is 5.62. The number of nitro groups is 1. The summed E-state index contributed by atoms with van der Waals surface area (Å²) >= 11 is 0. The van der Waals surface area contributed by atoms with Gasteiger partial charge in [-0.3, -0.25) is 10.1 Å². The van der Waals surface area contributed by atoms with Crippen molar-refractivity contribution in [2.75, 3.05) is 31.7 Å². The van der Waals surface area contributed by atoms with E-state index in [0.717, 1.165) is 12.1 Å². The normalized spacial score (nSPS) is 11.4. The summed E-state index contributed by atoms with van der Waals surface area (Å²) in [6.07, 6.45) is 0. The highest BCUT2D eigenvalue weighted by atomic mass is 19.1. The van der Waals surface area contributed by atoms with Gasteiger partial charge in [0.2, 0.25) is 0 Å². The minimum atomic E-state index is -0.795. The monoisotopic (exact) mass is 272 g/mol. The zero-order chi connectivity index (χ0) is 14.6. The lowest BCUT2D eigenvalue weighted by atomic mass is 9.92. The van der Waals surface area contributed by atoms with E-state index in [0.29, 0.717) is 0 Å². The van der Waals surface area contributed by atoms with Crippen molar-refractivity contribution >= 4 is 11.4 Å². The first-order chi connectivity index (χ1) is 8.83. The molecule has 0 fully saturated rings. The van der Waals surface area contributed by atoms with E-state index in [1.54, 1.807) is 14.0 Å². The van der Waals surface area contributed by atoms with Gasteiger partial charge in [-0.25, -0.2) is 4.39 Å². The van der Waals surface area contributed by atoms with Crippen LogP contribution in [0.3, 0.4) is 0 Å². The van der Waals surface area contributed by atoms with E-state index >= 15 is 0 Å². The molecule has 1 aromatic rings. The molecule has 0 aliphatic heterocycles. The third kappa shape index (κ3) is 3.62. The van der Waals surface area contributed by atoms with Crippen molar-refractivity contribution in [3.63, 3.8) is 0 Å². The lowest BCUT2D eigenvalue weighted by Crippen LogP contribution is -2.39. The average molecular weight is 272 g/mol. The number of nitrogens with zero attached hydrogens (tertiary/aromatic N) is 2. The average Bonchev–Trinajstić information content (AvgIpc) is 2.38. The van der Waals surface area contributed by atoms with Gasteiger partial charge in [0.25, 0.3) is 5.69 Å². The largest absolute Gasteiger partial charge is 0.396 e. The van der Waals surface area contributed by atoms with Crippen LogP contribution < -0.4 is 4.90 Å². The molecule has 0 saturated carbocycles. The maximum atomic E-state index is 13.0. The summed E-state index contributed by atoms with van der Waals surface area (Å²) in [7, 11) is 1.59. The quantitative estimate of drug-likeness (QED) is 0.599. The maximum absolute atomic E-state index is 13.0. The van der Waals surface area contributed by atoms with Gasteiger partial charge in [0.15, 0.2) is 0 Å². The van der Waals surface area contributed by atoms with Crippen molar-refractivity contribution in [3.8, 4) is 0 Å². The Bertz CT molecular complexity index is 463. The number of hydrogen-bond donors (Lipinski definition) is 2. The van der Waals surface area contributed by atoms with Crippen LogP contribution in [-0.4, -0.2) is 41.9 Å². The molecule has 0 amide bonds. The standard InChI is InChI=1S/C12H17FN2O4/c1-12(7-16,8-17)6-14(2)10-4-3-9(13)5-11(10)15(18)19/h3-5,16-17H,6-8H2,1-2H3. The first-order valence-electron chi connectivity index (χ1n) is 5.70. The zero-order valence-electron chi connectivity index (χ0n) is 10.8. The van der Waals surface area contributed by atoms with Crippen LogP contribution in [0.25, 0.3) is 0 Å². The summed E-state index contributed by atoms with van der Waals surface area (Å²) in [5, 5.41) is 29.3. The van der Waals surface area contributed by atoms with Gasteiger partial charge in [0.05, 0.1) is 24.2 Å². The van der Waals surface area contributed by atoms with E-state index in [1.165, 1.54) is 11.0 Å². The van der Waals surface area contributed by atoms with Crippen LogP contribution >= 0.6 is 0 Å². The number of hydrogen-bond acceptors (Lipinski definition) is 5. The van der Waals surface area contributed by atoms with E-state index in [-0.39, 0.29) is 31.1 Å². The van der Waals surface area contributed by atoms with Crippen molar-refractivity contribution in [2.24, 2.45) is 5.41 Å². The molecule has 0 unspecified atom stereocenters. The third-order valence-corrected chi connectivity index (χ3v) is 2.93. The Morgan fingerprint density at radius 1 is 1.42 bits per heavy atom. The summed E-state index contributed by atoms with van der Waals surface area (Å²) in [5.41, 5.74) is -0.906. The summed E-state index contributed by atoms with van der Waals surface area (Å²) in [4.78, 5) is 11.8. The van der Waals surface area contributed by atoms with Crippen LogP contribution in [0.4, 0.5) is 15.8 Å². The molecule has 2 N–H and O–H groups in total. The minimum Gasteiger partial charge on any atom is -0.396 e. The molecular formula is C12H17FN2O4. The predicted octanol–water partition coefficient (Wildman–Crippen LogP) is 1.16. The van der Waals surface area contributed by atoms with E-state index in [9.17, 15) is 24.7 Å². The molecule has 0 bridgehead atoms. The Morgan fingerprint density at radius 3 is 2.47 bits per heavy atom. The van der Waals surface area contributed by atoms with Gasteiger partial charge in [-0.2, -0.15) is 0 Å². The number of nitro benzene ring substituents is 1. The van der Waals surface area contributed by atoms with Crippen LogP contribution in [-0.2, 0) is 0 Å². The topological polar surface area (TPSA) is 86.8 Å². The van der Waals surface area contributed by atoms with Gasteiger partial charge >= 0.3 is 0 Å². The van der Waals surface area contributed by atoms with E-state index in [1.807, 2.05) is 0 Å². The number of aliphatic hydroxyl groups excluding tert-OH is 2. The number of rotatable bonds is 6. The number of aliphatic hydroxyl groups is 2. The summed E-state index contributed by atoms with van der Waals surface area (Å²) in [6, 6.07) is 3.29. The molecule has 0 aromatic heterocycles. The van der Waals surface area contributed by atoms with Crippen LogP contribution in [0.2, 0.25) is 0 Å². The summed E-state index contributed by atoms with van der Waals surface area (Å²) in [5.74, 6) is -0.684. The Labute approximate surface area is 110 Å². The summed E-state index contributed by atoms with van der Waals surface area (Å²) in [6.45, 7) is 1.33. The molecule has 7 heteroatoms. The highest BCUT2D eigenvalue weighted by Crippen LogP contribution is 2.30. The van der Waals surface area contributed by atoms with Crippen LogP contribution in [0.15, 0.2) is 18.2 Å². The van der Waals surface area contributed by atoms with Crippen molar-refractivity contribution < 1.29 is 19.5 Å². The first kappa shape index (κ1) is 15.3. The molecule has 0 radical (unpaired) electrons. The fourth-order valence-electron chi connectivity index (χ4n) is 1.77. The number of anilines is 1. The van der Waals surface area contributed by atoms with Crippen LogP contribution in [0.5, 0.6) is 0 Å². The Morgan fingerprint density at radius 2 is 2.00 bits per heavy atom. The molecule has 19 heavy (non-hydrogen) atoms. The Balaban J connectivity index is 3.06. The van der Waals surface area contributed by atoms with Crippen molar-refractivity contribution in [2.45, 2.75) is 6.92 Å². The lowest BCUT2D eigenvalue weighted by Gasteiger charge is -2.31. The molecular weight excluding hydrogens is 255 g/mol. The highest BCUT2D eigenvalue weighted by Gasteiger charge is 2.27. The second kappa shape index (κ2) is 5.94. The van der Waals surface area contributed by atoms with Gasteiger partial charge in [-0.05, 0) is 12.1 Å². The van der Waals surface area contributed by atoms with Crippen molar-refractivity contribution in [1.82, 2.24) is 0 Å². The lowest BCUT2D eigenvalue weighted by molar-refractivity contribution is -0.384. The van der Waals surface area contributed by atoms with E-state index in [4.69, 9.17) is 0 Å². The first-order valence-corrected chi connectivity index (χ1v) is 5.70. The SMILES string of the molecule is CN(CC(C)(CO)CO)c1ccc(F)cc1[N+](=O)[O-]. The molecule has 0 aliphatic carbocycles. The van der Waals surface area contributed by atoms with Gasteiger partial charge < -0.3 is 15.1 Å². The molecule has 0 aliphatic rings. The molecule has 1 rings (SSSR count). The van der Waals surface area contributed by atoms with E-state index in [2.05, 4.69) is 0 Å². The van der Waals surface area contributed by atoms with Crippen LogP contribution in [0.1, 0.15) is 6.92 Å². The molecule has 0 saturated heterocycles. The number of benzene rings is 1. The van der Waals surface area contributed by atoms with Gasteiger partial charge in [0.1, 0.15) is 11.5 Å². The molecule has 1 aromatic carbocycles. The smallest absolute Gasteiger partial charge is 0.295 e. The minimum absolute atomic E-state index is 0.201. The van der Waals surface area contributed by atoms with Gasteiger partial charge in [0, 0.05) is 19.0 Å². The van der Waals surface area contributed by atoms with Gasteiger partial charge in [-0.15, -0.1) is 0 Å². The Hall–Kier alpha value is -1.73. The predicted molar refractivity (Wildman–Crippen MR) is 68.6 cm³/mol. The fourth-order valence-corrected chi connectivity index (χ4v) is 1.77. The molecule has 0 spiro atoms. The zero-order valence-corrected chi connectivity index (χ0v) is 10.8. The number of halogens is 1. The summed E-state index contributed by atoms with van der Waals surface area (Å²) < 4.78 is 13.0. The Kier molecular flexibility index (Phi) is 4.79. The van der Waals surface area contributed by atoms with Gasteiger partial charge in [-0.1, -0.05) is 6.92 Å². The molecule has 0 atom stereocenters. The van der Waals surface area contributed by atoms with Crippen LogP contribution in [0, 0.1) is 21.3 Å².